The molecule has 0 aliphatic heterocycles. The van der Waals surface area contributed by atoms with Gasteiger partial charge in [-0.15, -0.1) is 0 Å². The molecule has 0 heterocycles. The Hall–Kier alpha value is -0.860. The molecule has 0 amide bonds. The fourth-order valence-electron chi connectivity index (χ4n) is 2.16. The van der Waals surface area contributed by atoms with Gasteiger partial charge in [0.05, 0.1) is 0 Å². The number of benzene rings is 1. The Kier molecular flexibility index (Phi) is 6.23. The average Bonchev–Trinajstić information content (AvgIpc) is 2.29. The van der Waals surface area contributed by atoms with Crippen molar-refractivity contribution >= 4 is 0 Å². The molecular weight excluding hydrogens is 208 g/mol. The van der Waals surface area contributed by atoms with Crippen molar-refractivity contribution in [1.29, 1.82) is 0 Å². The fourth-order valence-corrected chi connectivity index (χ4v) is 2.16. The van der Waals surface area contributed by atoms with Crippen LogP contribution in [0.5, 0.6) is 0 Å². The molecule has 0 bridgehead atoms. The van der Waals surface area contributed by atoms with Gasteiger partial charge in [0.2, 0.25) is 0 Å². The van der Waals surface area contributed by atoms with Gasteiger partial charge in [0.1, 0.15) is 0 Å². The summed E-state index contributed by atoms with van der Waals surface area (Å²) in [7, 11) is 2.16. The van der Waals surface area contributed by atoms with E-state index < -0.39 is 0 Å². The van der Waals surface area contributed by atoms with E-state index in [1.165, 1.54) is 30.4 Å². The zero-order valence-electron chi connectivity index (χ0n) is 11.4. The van der Waals surface area contributed by atoms with E-state index in [2.05, 4.69) is 50.1 Å². The van der Waals surface area contributed by atoms with Crippen molar-refractivity contribution in [2.24, 2.45) is 5.73 Å². The Labute approximate surface area is 106 Å². The molecule has 2 heteroatoms. The van der Waals surface area contributed by atoms with E-state index in [-0.39, 0.29) is 6.04 Å². The Morgan fingerprint density at radius 3 is 2.59 bits per heavy atom. The lowest BCUT2D eigenvalue weighted by Crippen LogP contribution is -2.30. The minimum atomic E-state index is 0.128. The molecule has 0 fully saturated rings. The second kappa shape index (κ2) is 7.46. The largest absolute Gasteiger partial charge is 0.323 e. The van der Waals surface area contributed by atoms with Crippen LogP contribution >= 0.6 is 0 Å². The molecule has 1 unspecified atom stereocenters. The molecule has 0 aromatic heterocycles. The minimum Gasteiger partial charge on any atom is -0.323 e. The lowest BCUT2D eigenvalue weighted by Gasteiger charge is -2.22. The number of hydrogen-bond acceptors (Lipinski definition) is 2. The van der Waals surface area contributed by atoms with Crippen molar-refractivity contribution < 1.29 is 0 Å². The van der Waals surface area contributed by atoms with E-state index in [0.717, 1.165) is 13.1 Å². The van der Waals surface area contributed by atoms with Crippen LogP contribution in [0.2, 0.25) is 0 Å². The zero-order chi connectivity index (χ0) is 12.7. The molecule has 96 valence electrons. The third kappa shape index (κ3) is 4.88. The van der Waals surface area contributed by atoms with Crippen molar-refractivity contribution in [2.75, 3.05) is 20.1 Å². The van der Waals surface area contributed by atoms with Gasteiger partial charge in [-0.05, 0) is 38.1 Å². The molecule has 1 atom stereocenters. The molecule has 1 aromatic carbocycles. The number of hydrogen-bond donors (Lipinski definition) is 1. The van der Waals surface area contributed by atoms with Crippen LogP contribution in [-0.2, 0) is 0 Å². The van der Waals surface area contributed by atoms with Gasteiger partial charge in [-0.1, -0.05) is 44.0 Å². The van der Waals surface area contributed by atoms with Gasteiger partial charge in [0.25, 0.3) is 0 Å². The first-order valence-electron chi connectivity index (χ1n) is 6.64. The monoisotopic (exact) mass is 234 g/mol. The van der Waals surface area contributed by atoms with E-state index in [9.17, 15) is 0 Å². The highest BCUT2D eigenvalue weighted by atomic mass is 15.1. The van der Waals surface area contributed by atoms with E-state index in [1.807, 2.05) is 0 Å². The standard InChI is InChI=1S/C15H26N2/c1-4-5-8-11-17(3)12-15(16)14-10-7-6-9-13(14)2/h6-7,9-10,15H,4-5,8,11-12,16H2,1-3H3. The SMILES string of the molecule is CCCCCN(C)CC(N)c1ccccc1C. The normalized spacial score (nSPS) is 13.0. The van der Waals surface area contributed by atoms with Crippen molar-refractivity contribution in [3.63, 3.8) is 0 Å². The quantitative estimate of drug-likeness (QED) is 0.734. The number of rotatable bonds is 7. The van der Waals surface area contributed by atoms with Crippen LogP contribution < -0.4 is 5.73 Å². The summed E-state index contributed by atoms with van der Waals surface area (Å²) in [5.41, 5.74) is 8.83. The maximum Gasteiger partial charge on any atom is 0.0426 e. The van der Waals surface area contributed by atoms with Gasteiger partial charge in [-0.25, -0.2) is 0 Å². The molecule has 0 aliphatic carbocycles. The average molecular weight is 234 g/mol. The van der Waals surface area contributed by atoms with Crippen molar-refractivity contribution in [3.05, 3.63) is 35.4 Å². The molecule has 0 aliphatic rings. The first kappa shape index (κ1) is 14.2. The summed E-state index contributed by atoms with van der Waals surface area (Å²) in [5.74, 6) is 0. The van der Waals surface area contributed by atoms with Crippen molar-refractivity contribution in [3.8, 4) is 0 Å². The van der Waals surface area contributed by atoms with Gasteiger partial charge in [0.15, 0.2) is 0 Å². The topological polar surface area (TPSA) is 29.3 Å². The van der Waals surface area contributed by atoms with E-state index in [1.54, 1.807) is 0 Å². The van der Waals surface area contributed by atoms with E-state index >= 15 is 0 Å². The van der Waals surface area contributed by atoms with Crippen LogP contribution in [0.1, 0.15) is 43.4 Å². The van der Waals surface area contributed by atoms with Gasteiger partial charge in [-0.3, -0.25) is 0 Å². The maximum atomic E-state index is 6.26. The van der Waals surface area contributed by atoms with E-state index in [0.29, 0.717) is 0 Å². The molecule has 1 rings (SSSR count). The highest BCUT2D eigenvalue weighted by molar-refractivity contribution is 5.28. The molecule has 1 aromatic rings. The molecule has 0 spiro atoms. The smallest absolute Gasteiger partial charge is 0.0426 e. The molecule has 17 heavy (non-hydrogen) atoms. The van der Waals surface area contributed by atoms with Crippen LogP contribution in [0.25, 0.3) is 0 Å². The summed E-state index contributed by atoms with van der Waals surface area (Å²) in [6.07, 6.45) is 3.86. The number of likely N-dealkylation sites (N-methyl/N-ethyl adjacent to an activating group) is 1. The number of unbranched alkanes of at least 4 members (excludes halogenated alkanes) is 2. The molecule has 0 saturated heterocycles. The first-order valence-corrected chi connectivity index (χ1v) is 6.64. The first-order chi connectivity index (χ1) is 8.15. The van der Waals surface area contributed by atoms with Crippen LogP contribution in [0.4, 0.5) is 0 Å². The summed E-state index contributed by atoms with van der Waals surface area (Å²) < 4.78 is 0. The number of nitrogens with zero attached hydrogens (tertiary/aromatic N) is 1. The van der Waals surface area contributed by atoms with Crippen LogP contribution in [0.15, 0.2) is 24.3 Å². The highest BCUT2D eigenvalue weighted by Crippen LogP contribution is 2.15. The highest BCUT2D eigenvalue weighted by Gasteiger charge is 2.10. The minimum absolute atomic E-state index is 0.128. The molecular formula is C15H26N2. The predicted octanol–water partition coefficient (Wildman–Crippen LogP) is 3.12. The lowest BCUT2D eigenvalue weighted by atomic mass is 10.0. The van der Waals surface area contributed by atoms with Gasteiger partial charge < -0.3 is 10.6 Å². The van der Waals surface area contributed by atoms with Gasteiger partial charge >= 0.3 is 0 Å². The summed E-state index contributed by atoms with van der Waals surface area (Å²) in [6.45, 7) is 6.45. The van der Waals surface area contributed by atoms with Crippen molar-refractivity contribution in [1.82, 2.24) is 4.90 Å². The maximum absolute atomic E-state index is 6.26. The molecule has 2 N–H and O–H groups in total. The Balaban J connectivity index is 2.43. The molecule has 0 saturated carbocycles. The fraction of sp³-hybridized carbons (Fsp3) is 0.600. The summed E-state index contributed by atoms with van der Waals surface area (Å²) in [4.78, 5) is 2.34. The molecule has 2 nitrogen and oxygen atoms in total. The summed E-state index contributed by atoms with van der Waals surface area (Å²) >= 11 is 0. The lowest BCUT2D eigenvalue weighted by molar-refractivity contribution is 0.305. The van der Waals surface area contributed by atoms with Gasteiger partial charge in [0, 0.05) is 12.6 Å². The summed E-state index contributed by atoms with van der Waals surface area (Å²) in [6, 6.07) is 8.53. The second-order valence-electron chi connectivity index (χ2n) is 4.93. The second-order valence-corrected chi connectivity index (χ2v) is 4.93. The van der Waals surface area contributed by atoms with Crippen LogP contribution in [0, 0.1) is 6.92 Å². The Bertz CT molecular complexity index is 322. The van der Waals surface area contributed by atoms with Crippen LogP contribution in [-0.4, -0.2) is 25.0 Å². The summed E-state index contributed by atoms with van der Waals surface area (Å²) in [5, 5.41) is 0. The zero-order valence-corrected chi connectivity index (χ0v) is 11.4. The van der Waals surface area contributed by atoms with Gasteiger partial charge in [-0.2, -0.15) is 0 Å². The number of aryl methyl sites for hydroxylation is 1. The van der Waals surface area contributed by atoms with Crippen molar-refractivity contribution in [2.45, 2.75) is 39.2 Å². The van der Waals surface area contributed by atoms with Crippen LogP contribution in [0.3, 0.4) is 0 Å². The number of nitrogens with two attached hydrogens (primary N) is 1. The third-order valence-electron chi connectivity index (χ3n) is 3.24. The Morgan fingerprint density at radius 2 is 1.94 bits per heavy atom. The molecule has 0 radical (unpaired) electrons. The predicted molar refractivity (Wildman–Crippen MR) is 75.1 cm³/mol. The third-order valence-corrected chi connectivity index (χ3v) is 3.24. The van der Waals surface area contributed by atoms with E-state index in [4.69, 9.17) is 5.73 Å². The Morgan fingerprint density at radius 1 is 1.24 bits per heavy atom.